The number of nitrogens with one attached hydrogen (secondary N) is 1. The Morgan fingerprint density at radius 2 is 1.88 bits per heavy atom. The monoisotopic (exact) mass is 381 g/mol. The molecule has 6 nitrogen and oxygen atoms in total. The third-order valence-electron chi connectivity index (χ3n) is 4.75. The number of carbonyl (C=O) groups excluding carboxylic acids is 1. The summed E-state index contributed by atoms with van der Waals surface area (Å²) in [4.78, 5) is 14.7. The molecule has 0 saturated carbocycles. The third-order valence-corrected chi connectivity index (χ3v) is 6.74. The minimum absolute atomic E-state index is 0.0839. The summed E-state index contributed by atoms with van der Waals surface area (Å²) in [5, 5.41) is 3.21. The minimum atomic E-state index is -3.70. The van der Waals surface area contributed by atoms with Crippen molar-refractivity contribution in [1.82, 2.24) is 14.5 Å². The molecule has 1 aromatic carbocycles. The van der Waals surface area contributed by atoms with Gasteiger partial charge in [0.25, 0.3) is 0 Å². The van der Waals surface area contributed by atoms with Crippen LogP contribution in [-0.2, 0) is 14.8 Å². The molecule has 2 rings (SSSR count). The number of aryl methyl sites for hydroxylation is 2. The maximum atomic E-state index is 13.3. The Bertz CT molecular complexity index is 713. The van der Waals surface area contributed by atoms with Gasteiger partial charge in [-0.15, -0.1) is 0 Å². The van der Waals surface area contributed by atoms with E-state index in [1.807, 2.05) is 19.1 Å². The molecule has 0 aliphatic carbocycles. The Balaban J connectivity index is 2.24. The summed E-state index contributed by atoms with van der Waals surface area (Å²) in [6.45, 7) is 8.82. The number of piperazine rings is 1. The SMILES string of the molecule is CCCCCN(CC(=O)N1CCNCC1)S(=O)(=O)c1cc(C)ccc1C. The van der Waals surface area contributed by atoms with E-state index in [4.69, 9.17) is 0 Å². The first-order valence-electron chi connectivity index (χ1n) is 9.42. The first-order valence-corrected chi connectivity index (χ1v) is 10.9. The number of hydrogen-bond donors (Lipinski definition) is 1. The summed E-state index contributed by atoms with van der Waals surface area (Å²) >= 11 is 0. The van der Waals surface area contributed by atoms with Crippen LogP contribution >= 0.6 is 0 Å². The molecule has 0 radical (unpaired) electrons. The molecule has 0 atom stereocenters. The summed E-state index contributed by atoms with van der Waals surface area (Å²) < 4.78 is 27.9. The van der Waals surface area contributed by atoms with Crippen LogP contribution in [0.1, 0.15) is 37.3 Å². The van der Waals surface area contributed by atoms with Gasteiger partial charge in [-0.3, -0.25) is 4.79 Å². The Hall–Kier alpha value is -1.44. The molecule has 1 N–H and O–H groups in total. The Morgan fingerprint density at radius 3 is 2.54 bits per heavy atom. The zero-order valence-electron chi connectivity index (χ0n) is 16.1. The second-order valence-electron chi connectivity index (χ2n) is 6.95. The molecular formula is C19H31N3O3S. The lowest BCUT2D eigenvalue weighted by Gasteiger charge is -2.30. The van der Waals surface area contributed by atoms with Crippen LogP contribution in [0.4, 0.5) is 0 Å². The van der Waals surface area contributed by atoms with Crippen molar-refractivity contribution in [2.45, 2.75) is 44.9 Å². The molecule has 0 unspecified atom stereocenters. The smallest absolute Gasteiger partial charge is 0.243 e. The van der Waals surface area contributed by atoms with E-state index >= 15 is 0 Å². The molecule has 1 heterocycles. The van der Waals surface area contributed by atoms with Gasteiger partial charge in [-0.05, 0) is 37.5 Å². The van der Waals surface area contributed by atoms with Gasteiger partial charge in [0.05, 0.1) is 11.4 Å². The molecule has 1 fully saturated rings. The summed E-state index contributed by atoms with van der Waals surface area (Å²) in [6, 6.07) is 5.43. The topological polar surface area (TPSA) is 69.7 Å². The lowest BCUT2D eigenvalue weighted by molar-refractivity contribution is -0.131. The van der Waals surface area contributed by atoms with Gasteiger partial charge in [0.2, 0.25) is 15.9 Å². The highest BCUT2D eigenvalue weighted by molar-refractivity contribution is 7.89. The Kier molecular flexibility index (Phi) is 7.61. The molecule has 0 spiro atoms. The van der Waals surface area contributed by atoms with E-state index in [-0.39, 0.29) is 12.5 Å². The summed E-state index contributed by atoms with van der Waals surface area (Å²) in [6.07, 6.45) is 2.71. The highest BCUT2D eigenvalue weighted by Crippen LogP contribution is 2.22. The fourth-order valence-corrected chi connectivity index (χ4v) is 4.85. The first-order chi connectivity index (χ1) is 12.4. The van der Waals surface area contributed by atoms with Crippen molar-refractivity contribution in [2.24, 2.45) is 0 Å². The first kappa shape index (κ1) is 20.9. The second-order valence-corrected chi connectivity index (χ2v) is 8.85. The summed E-state index contributed by atoms with van der Waals surface area (Å²) in [5.41, 5.74) is 1.61. The number of hydrogen-bond acceptors (Lipinski definition) is 4. The van der Waals surface area contributed by atoms with Crippen molar-refractivity contribution in [3.63, 3.8) is 0 Å². The molecule has 26 heavy (non-hydrogen) atoms. The lowest BCUT2D eigenvalue weighted by atomic mass is 10.2. The van der Waals surface area contributed by atoms with Crippen molar-refractivity contribution in [1.29, 1.82) is 0 Å². The van der Waals surface area contributed by atoms with Gasteiger partial charge in [-0.25, -0.2) is 8.42 Å². The van der Waals surface area contributed by atoms with Crippen LogP contribution in [0.5, 0.6) is 0 Å². The van der Waals surface area contributed by atoms with Gasteiger partial charge in [0, 0.05) is 32.7 Å². The Morgan fingerprint density at radius 1 is 1.19 bits per heavy atom. The van der Waals surface area contributed by atoms with Gasteiger partial charge in [0.15, 0.2) is 0 Å². The van der Waals surface area contributed by atoms with E-state index in [2.05, 4.69) is 12.2 Å². The van der Waals surface area contributed by atoms with Gasteiger partial charge in [-0.1, -0.05) is 31.9 Å². The number of nitrogens with zero attached hydrogens (tertiary/aromatic N) is 2. The predicted octanol–water partition coefficient (Wildman–Crippen LogP) is 1.92. The van der Waals surface area contributed by atoms with Crippen LogP contribution in [0.3, 0.4) is 0 Å². The Labute approximate surface area is 157 Å². The fourth-order valence-electron chi connectivity index (χ4n) is 3.11. The van der Waals surface area contributed by atoms with E-state index in [0.717, 1.165) is 37.9 Å². The van der Waals surface area contributed by atoms with Crippen LogP contribution in [0.2, 0.25) is 0 Å². The quantitative estimate of drug-likeness (QED) is 0.699. The summed E-state index contributed by atoms with van der Waals surface area (Å²) in [5.74, 6) is -0.114. The molecule has 7 heteroatoms. The van der Waals surface area contributed by atoms with Crippen molar-refractivity contribution in [3.8, 4) is 0 Å². The van der Waals surface area contributed by atoms with Gasteiger partial charge in [0.1, 0.15) is 0 Å². The van der Waals surface area contributed by atoms with Crippen molar-refractivity contribution >= 4 is 15.9 Å². The number of benzene rings is 1. The van der Waals surface area contributed by atoms with Gasteiger partial charge in [-0.2, -0.15) is 4.31 Å². The van der Waals surface area contributed by atoms with E-state index in [1.54, 1.807) is 17.9 Å². The molecular weight excluding hydrogens is 350 g/mol. The zero-order valence-corrected chi connectivity index (χ0v) is 16.9. The molecule has 1 aliphatic heterocycles. The largest absolute Gasteiger partial charge is 0.339 e. The molecule has 1 amide bonds. The maximum absolute atomic E-state index is 13.3. The van der Waals surface area contributed by atoms with Gasteiger partial charge < -0.3 is 10.2 Å². The molecule has 146 valence electrons. The van der Waals surface area contributed by atoms with Crippen LogP contribution < -0.4 is 5.32 Å². The highest BCUT2D eigenvalue weighted by Gasteiger charge is 2.29. The standard InChI is InChI=1S/C19H31N3O3S/c1-4-5-6-11-22(15-19(23)21-12-9-20-10-13-21)26(24,25)18-14-16(2)7-8-17(18)3/h7-8,14,20H,4-6,9-13,15H2,1-3H3. The van der Waals surface area contributed by atoms with E-state index < -0.39 is 10.0 Å². The van der Waals surface area contributed by atoms with Crippen LogP contribution in [0, 0.1) is 13.8 Å². The second kappa shape index (κ2) is 9.48. The van der Waals surface area contributed by atoms with Crippen molar-refractivity contribution in [3.05, 3.63) is 29.3 Å². The number of amides is 1. The van der Waals surface area contributed by atoms with E-state index in [1.165, 1.54) is 4.31 Å². The normalized spacial score (nSPS) is 15.5. The number of carbonyl (C=O) groups is 1. The van der Waals surface area contributed by atoms with E-state index in [9.17, 15) is 13.2 Å². The van der Waals surface area contributed by atoms with Crippen LogP contribution in [-0.4, -0.2) is 62.8 Å². The fraction of sp³-hybridized carbons (Fsp3) is 0.632. The van der Waals surface area contributed by atoms with Crippen molar-refractivity contribution < 1.29 is 13.2 Å². The maximum Gasteiger partial charge on any atom is 0.243 e. The van der Waals surface area contributed by atoms with Crippen LogP contribution in [0.25, 0.3) is 0 Å². The molecule has 1 saturated heterocycles. The molecule has 0 bridgehead atoms. The lowest BCUT2D eigenvalue weighted by Crippen LogP contribution is -2.50. The average Bonchev–Trinajstić information content (AvgIpc) is 2.63. The minimum Gasteiger partial charge on any atom is -0.339 e. The third kappa shape index (κ3) is 5.28. The van der Waals surface area contributed by atoms with Gasteiger partial charge >= 0.3 is 0 Å². The average molecular weight is 382 g/mol. The number of sulfonamides is 1. The number of unbranched alkanes of at least 4 members (excludes halogenated alkanes) is 2. The molecule has 1 aliphatic rings. The molecule has 0 aromatic heterocycles. The zero-order chi connectivity index (χ0) is 19.2. The van der Waals surface area contributed by atoms with E-state index in [0.29, 0.717) is 30.1 Å². The number of rotatable bonds is 8. The predicted molar refractivity (Wildman–Crippen MR) is 104 cm³/mol. The summed E-state index contributed by atoms with van der Waals surface area (Å²) in [7, 11) is -3.70. The van der Waals surface area contributed by atoms with Crippen molar-refractivity contribution in [2.75, 3.05) is 39.3 Å². The molecule has 1 aromatic rings. The van der Waals surface area contributed by atoms with Crippen LogP contribution in [0.15, 0.2) is 23.1 Å². The highest BCUT2D eigenvalue weighted by atomic mass is 32.2.